The summed E-state index contributed by atoms with van der Waals surface area (Å²) in [6, 6.07) is 9.98. The Kier molecular flexibility index (Phi) is 5.88. The van der Waals surface area contributed by atoms with E-state index in [1.165, 1.54) is 0 Å². The van der Waals surface area contributed by atoms with Gasteiger partial charge in [-0.3, -0.25) is 4.90 Å². The maximum Gasteiger partial charge on any atom is 0.410 e. The molecule has 0 bridgehead atoms. The molecule has 5 heteroatoms. The molecule has 0 saturated carbocycles. The average molecular weight is 370 g/mol. The van der Waals surface area contributed by atoms with Crippen molar-refractivity contribution in [3.05, 3.63) is 41.7 Å². The lowest BCUT2D eigenvalue weighted by molar-refractivity contribution is 0.00959. The zero-order valence-corrected chi connectivity index (χ0v) is 16.8. The number of hydrogen-bond acceptors (Lipinski definition) is 4. The van der Waals surface area contributed by atoms with E-state index in [1.807, 2.05) is 56.0 Å². The lowest BCUT2D eigenvalue weighted by atomic mass is 9.93. The highest BCUT2D eigenvalue weighted by atomic mass is 16.6. The van der Waals surface area contributed by atoms with Crippen LogP contribution in [0.25, 0.3) is 11.3 Å². The minimum Gasteiger partial charge on any atom is -0.444 e. The van der Waals surface area contributed by atoms with E-state index in [0.717, 1.165) is 54.7 Å². The molecule has 0 radical (unpaired) electrons. The number of hydrogen-bond donors (Lipinski definition) is 0. The van der Waals surface area contributed by atoms with Gasteiger partial charge in [-0.1, -0.05) is 61.7 Å². The summed E-state index contributed by atoms with van der Waals surface area (Å²) in [5.74, 6) is 0.821. The van der Waals surface area contributed by atoms with E-state index in [0.29, 0.717) is 6.54 Å². The Labute approximate surface area is 161 Å². The van der Waals surface area contributed by atoms with Gasteiger partial charge >= 0.3 is 6.09 Å². The molecule has 0 N–H and O–H groups in total. The summed E-state index contributed by atoms with van der Waals surface area (Å²) >= 11 is 0. The molecule has 27 heavy (non-hydrogen) atoms. The SMILES string of the molecule is CCCCCC1c2onc(-c3ccccc3)c2CCN1C(=O)OC(C)(C)C. The number of amides is 1. The number of benzene rings is 1. The van der Waals surface area contributed by atoms with E-state index in [-0.39, 0.29) is 12.1 Å². The summed E-state index contributed by atoms with van der Waals surface area (Å²) in [5.41, 5.74) is 2.57. The molecule has 3 rings (SSSR count). The van der Waals surface area contributed by atoms with Crippen LogP contribution in [0, 0.1) is 0 Å². The van der Waals surface area contributed by atoms with Gasteiger partial charge in [0.1, 0.15) is 11.3 Å². The summed E-state index contributed by atoms with van der Waals surface area (Å²) in [7, 11) is 0. The first-order valence-corrected chi connectivity index (χ1v) is 9.94. The molecule has 0 spiro atoms. The van der Waals surface area contributed by atoms with Gasteiger partial charge in [-0.15, -0.1) is 0 Å². The smallest absolute Gasteiger partial charge is 0.410 e. The fraction of sp³-hybridized carbons (Fsp3) is 0.545. The van der Waals surface area contributed by atoms with Gasteiger partial charge in [0.2, 0.25) is 0 Å². The molecule has 1 aliphatic rings. The van der Waals surface area contributed by atoms with Crippen LogP contribution in [0.2, 0.25) is 0 Å². The largest absolute Gasteiger partial charge is 0.444 e. The summed E-state index contributed by atoms with van der Waals surface area (Å²) in [4.78, 5) is 14.6. The fourth-order valence-electron chi connectivity index (χ4n) is 3.59. The normalized spacial score (nSPS) is 16.9. The number of carbonyl (C=O) groups excluding carboxylic acids is 1. The van der Waals surface area contributed by atoms with Crippen molar-refractivity contribution in [3.63, 3.8) is 0 Å². The molecule has 1 atom stereocenters. The predicted octanol–water partition coefficient (Wildman–Crippen LogP) is 5.76. The highest BCUT2D eigenvalue weighted by molar-refractivity contribution is 5.71. The number of rotatable bonds is 5. The molecule has 146 valence electrons. The van der Waals surface area contributed by atoms with Crippen molar-refractivity contribution in [2.24, 2.45) is 0 Å². The Bertz CT molecular complexity index is 762. The second-order valence-electron chi connectivity index (χ2n) is 8.18. The molecule has 1 unspecified atom stereocenters. The molecule has 5 nitrogen and oxygen atoms in total. The summed E-state index contributed by atoms with van der Waals surface area (Å²) in [6.07, 6.45) is 4.63. The van der Waals surface area contributed by atoms with Crippen LogP contribution < -0.4 is 0 Å². The topological polar surface area (TPSA) is 55.6 Å². The molecule has 0 fully saturated rings. The Morgan fingerprint density at radius 3 is 2.67 bits per heavy atom. The summed E-state index contributed by atoms with van der Waals surface area (Å²) in [5, 5.41) is 4.36. The zero-order chi connectivity index (χ0) is 19.4. The Morgan fingerprint density at radius 1 is 1.26 bits per heavy atom. The lowest BCUT2D eigenvalue weighted by Crippen LogP contribution is -2.42. The molecule has 1 amide bonds. The van der Waals surface area contributed by atoms with Gasteiger partial charge in [0.15, 0.2) is 5.76 Å². The Hall–Kier alpha value is -2.30. The predicted molar refractivity (Wildman–Crippen MR) is 105 cm³/mol. The van der Waals surface area contributed by atoms with Crippen LogP contribution in [0.15, 0.2) is 34.9 Å². The molecule has 1 aliphatic heterocycles. The Morgan fingerprint density at radius 2 is 2.00 bits per heavy atom. The van der Waals surface area contributed by atoms with Gasteiger partial charge in [0.25, 0.3) is 0 Å². The van der Waals surface area contributed by atoms with Gasteiger partial charge < -0.3 is 9.26 Å². The van der Waals surface area contributed by atoms with Gasteiger partial charge in [0.05, 0.1) is 6.04 Å². The van der Waals surface area contributed by atoms with E-state index < -0.39 is 5.60 Å². The van der Waals surface area contributed by atoms with Crippen LogP contribution in [0.3, 0.4) is 0 Å². The highest BCUT2D eigenvalue weighted by Gasteiger charge is 2.37. The van der Waals surface area contributed by atoms with E-state index in [1.54, 1.807) is 0 Å². The molecule has 0 aliphatic carbocycles. The van der Waals surface area contributed by atoms with E-state index in [9.17, 15) is 4.79 Å². The first-order chi connectivity index (χ1) is 12.9. The van der Waals surface area contributed by atoms with Crippen molar-refractivity contribution in [2.75, 3.05) is 6.54 Å². The molecular formula is C22H30N2O3. The second-order valence-corrected chi connectivity index (χ2v) is 8.18. The number of unbranched alkanes of at least 4 members (excludes halogenated alkanes) is 2. The van der Waals surface area contributed by atoms with Crippen molar-refractivity contribution in [1.82, 2.24) is 10.1 Å². The van der Waals surface area contributed by atoms with Crippen LogP contribution in [-0.2, 0) is 11.2 Å². The first kappa shape index (κ1) is 19.5. The average Bonchev–Trinajstić information content (AvgIpc) is 3.05. The van der Waals surface area contributed by atoms with Crippen molar-refractivity contribution < 1.29 is 14.1 Å². The number of nitrogens with zero attached hydrogens (tertiary/aromatic N) is 2. The third kappa shape index (κ3) is 4.52. The van der Waals surface area contributed by atoms with Crippen LogP contribution in [0.4, 0.5) is 4.79 Å². The van der Waals surface area contributed by atoms with Crippen LogP contribution in [0.5, 0.6) is 0 Å². The molecule has 2 aromatic rings. The monoisotopic (exact) mass is 370 g/mol. The molecule has 1 aromatic carbocycles. The van der Waals surface area contributed by atoms with E-state index >= 15 is 0 Å². The third-order valence-electron chi connectivity index (χ3n) is 4.86. The minimum atomic E-state index is -0.512. The van der Waals surface area contributed by atoms with Crippen LogP contribution in [0.1, 0.15) is 70.7 Å². The minimum absolute atomic E-state index is 0.111. The maximum atomic E-state index is 12.8. The highest BCUT2D eigenvalue weighted by Crippen LogP contribution is 2.39. The van der Waals surface area contributed by atoms with E-state index in [4.69, 9.17) is 9.26 Å². The standard InChI is InChI=1S/C22H30N2O3/c1-5-6-8-13-18-20-17(14-15-24(18)21(25)26-22(2,3)4)19(23-27-20)16-11-9-7-10-12-16/h7,9-12,18H,5-6,8,13-15H2,1-4H3. The van der Waals surface area contributed by atoms with Crippen LogP contribution in [-0.4, -0.2) is 28.3 Å². The zero-order valence-electron chi connectivity index (χ0n) is 16.8. The van der Waals surface area contributed by atoms with Crippen molar-refractivity contribution in [3.8, 4) is 11.3 Å². The van der Waals surface area contributed by atoms with Crippen molar-refractivity contribution in [2.45, 2.75) is 71.4 Å². The van der Waals surface area contributed by atoms with Gasteiger partial charge in [0, 0.05) is 17.7 Å². The number of fused-ring (bicyclic) bond motifs is 1. The van der Waals surface area contributed by atoms with Crippen LogP contribution >= 0.6 is 0 Å². The lowest BCUT2D eigenvalue weighted by Gasteiger charge is -2.35. The summed E-state index contributed by atoms with van der Waals surface area (Å²) in [6.45, 7) is 8.50. The quantitative estimate of drug-likeness (QED) is 0.628. The fourth-order valence-corrected chi connectivity index (χ4v) is 3.59. The van der Waals surface area contributed by atoms with Gasteiger partial charge in [-0.2, -0.15) is 0 Å². The third-order valence-corrected chi connectivity index (χ3v) is 4.86. The molecule has 2 heterocycles. The summed E-state index contributed by atoms with van der Waals surface area (Å²) < 4.78 is 11.4. The number of carbonyl (C=O) groups is 1. The van der Waals surface area contributed by atoms with E-state index in [2.05, 4.69) is 12.1 Å². The Balaban J connectivity index is 1.90. The first-order valence-electron chi connectivity index (χ1n) is 9.94. The molecular weight excluding hydrogens is 340 g/mol. The number of ether oxygens (including phenoxy) is 1. The maximum absolute atomic E-state index is 12.8. The van der Waals surface area contributed by atoms with Crippen molar-refractivity contribution in [1.29, 1.82) is 0 Å². The van der Waals surface area contributed by atoms with Gasteiger partial charge in [-0.25, -0.2) is 4.79 Å². The molecule has 1 aromatic heterocycles. The number of aromatic nitrogens is 1. The second kappa shape index (κ2) is 8.15. The molecule has 0 saturated heterocycles. The van der Waals surface area contributed by atoms with Crippen molar-refractivity contribution >= 4 is 6.09 Å². The van der Waals surface area contributed by atoms with Gasteiger partial charge in [-0.05, 0) is 33.6 Å².